The second-order valence-corrected chi connectivity index (χ2v) is 6.77. The summed E-state index contributed by atoms with van der Waals surface area (Å²) < 4.78 is 5.14. The molecule has 0 bridgehead atoms. The van der Waals surface area contributed by atoms with Crippen molar-refractivity contribution in [2.75, 3.05) is 26.2 Å². The molecule has 8 nitrogen and oxygen atoms in total. The third-order valence-corrected chi connectivity index (χ3v) is 4.75. The number of rotatable bonds is 4. The summed E-state index contributed by atoms with van der Waals surface area (Å²) in [6.45, 7) is 1.70. The molecule has 0 aromatic carbocycles. The monoisotopic (exact) mass is 368 g/mol. The molecule has 1 saturated heterocycles. The average molecular weight is 368 g/mol. The first-order valence-electron chi connectivity index (χ1n) is 9.00. The molecule has 8 heteroatoms. The standard InChI is InChI=1S/C19H20N4O4/c24-17(21-15-3-4-15)13-10-14(12-20-11-13)18(25)22-5-7-23(8-6-22)19(26)16-2-1-9-27-16/h1-2,9-12,15H,3-8H2,(H,21,24). The van der Waals surface area contributed by atoms with Crippen LogP contribution in [-0.2, 0) is 0 Å². The van der Waals surface area contributed by atoms with Gasteiger partial charge in [-0.1, -0.05) is 0 Å². The van der Waals surface area contributed by atoms with E-state index < -0.39 is 0 Å². The van der Waals surface area contributed by atoms with Gasteiger partial charge < -0.3 is 19.5 Å². The van der Waals surface area contributed by atoms with Crippen molar-refractivity contribution in [1.29, 1.82) is 0 Å². The fourth-order valence-corrected chi connectivity index (χ4v) is 3.03. The number of piperazine rings is 1. The molecule has 0 unspecified atom stereocenters. The Morgan fingerprint density at radius 2 is 1.67 bits per heavy atom. The van der Waals surface area contributed by atoms with Gasteiger partial charge in [-0.05, 0) is 31.0 Å². The van der Waals surface area contributed by atoms with Crippen LogP contribution >= 0.6 is 0 Å². The number of nitrogens with zero attached hydrogens (tertiary/aromatic N) is 3. The van der Waals surface area contributed by atoms with Crippen LogP contribution in [0.1, 0.15) is 44.1 Å². The van der Waals surface area contributed by atoms with Gasteiger partial charge in [0, 0.05) is 44.6 Å². The van der Waals surface area contributed by atoms with Crippen LogP contribution in [0, 0.1) is 0 Å². The van der Waals surface area contributed by atoms with E-state index >= 15 is 0 Å². The third-order valence-electron chi connectivity index (χ3n) is 4.75. The van der Waals surface area contributed by atoms with Gasteiger partial charge in [0.15, 0.2) is 5.76 Å². The maximum absolute atomic E-state index is 12.7. The SMILES string of the molecule is O=C(NC1CC1)c1cncc(C(=O)N2CCN(C(=O)c3ccco3)CC2)c1. The summed E-state index contributed by atoms with van der Waals surface area (Å²) in [4.78, 5) is 44.6. The molecule has 0 atom stereocenters. The lowest BCUT2D eigenvalue weighted by atomic mass is 10.1. The summed E-state index contributed by atoms with van der Waals surface area (Å²) >= 11 is 0. The molecule has 0 radical (unpaired) electrons. The molecule has 1 aliphatic heterocycles. The molecule has 3 heterocycles. The lowest BCUT2D eigenvalue weighted by Gasteiger charge is -2.34. The minimum absolute atomic E-state index is 0.174. The van der Waals surface area contributed by atoms with Crippen molar-refractivity contribution in [2.24, 2.45) is 0 Å². The van der Waals surface area contributed by atoms with Crippen molar-refractivity contribution in [3.63, 3.8) is 0 Å². The van der Waals surface area contributed by atoms with Gasteiger partial charge in [-0.2, -0.15) is 0 Å². The predicted molar refractivity (Wildman–Crippen MR) is 95.2 cm³/mol. The Kier molecular flexibility index (Phi) is 4.62. The highest BCUT2D eigenvalue weighted by atomic mass is 16.3. The fourth-order valence-electron chi connectivity index (χ4n) is 3.03. The summed E-state index contributed by atoms with van der Waals surface area (Å²) in [6.07, 6.45) is 6.40. The molecular weight excluding hydrogens is 348 g/mol. The minimum atomic E-state index is -0.200. The van der Waals surface area contributed by atoms with Crippen LogP contribution in [-0.4, -0.2) is 64.7 Å². The quantitative estimate of drug-likeness (QED) is 0.874. The highest BCUT2D eigenvalue weighted by Gasteiger charge is 2.28. The molecule has 4 rings (SSSR count). The molecule has 1 saturated carbocycles. The smallest absolute Gasteiger partial charge is 0.289 e. The molecule has 1 aliphatic carbocycles. The number of nitrogens with one attached hydrogen (secondary N) is 1. The first-order valence-corrected chi connectivity index (χ1v) is 9.00. The molecule has 140 valence electrons. The van der Waals surface area contributed by atoms with E-state index in [2.05, 4.69) is 10.3 Å². The van der Waals surface area contributed by atoms with Crippen molar-refractivity contribution in [3.05, 3.63) is 53.7 Å². The van der Waals surface area contributed by atoms with Gasteiger partial charge in [0.1, 0.15) is 0 Å². The first kappa shape index (κ1) is 17.3. The molecule has 2 aromatic heterocycles. The van der Waals surface area contributed by atoms with Crippen molar-refractivity contribution in [3.8, 4) is 0 Å². The molecule has 2 fully saturated rings. The molecule has 2 aromatic rings. The second kappa shape index (κ2) is 7.22. The Labute approximate surface area is 156 Å². The normalized spacial score (nSPS) is 16.9. The van der Waals surface area contributed by atoms with Gasteiger partial charge in [-0.25, -0.2) is 0 Å². The lowest BCUT2D eigenvalue weighted by Crippen LogP contribution is -2.50. The highest BCUT2D eigenvalue weighted by Crippen LogP contribution is 2.19. The van der Waals surface area contributed by atoms with Crippen LogP contribution < -0.4 is 5.32 Å². The second-order valence-electron chi connectivity index (χ2n) is 6.77. The van der Waals surface area contributed by atoms with E-state index in [0.29, 0.717) is 43.1 Å². The number of carbonyl (C=O) groups is 3. The Balaban J connectivity index is 1.37. The van der Waals surface area contributed by atoms with Gasteiger partial charge in [-0.15, -0.1) is 0 Å². The highest BCUT2D eigenvalue weighted by molar-refractivity contribution is 5.99. The van der Waals surface area contributed by atoms with Crippen LogP contribution in [0.2, 0.25) is 0 Å². The van der Waals surface area contributed by atoms with Crippen LogP contribution in [0.5, 0.6) is 0 Å². The molecule has 3 amide bonds. The van der Waals surface area contributed by atoms with E-state index in [-0.39, 0.29) is 23.8 Å². The topological polar surface area (TPSA) is 95.8 Å². The van der Waals surface area contributed by atoms with Crippen molar-refractivity contribution in [2.45, 2.75) is 18.9 Å². The maximum Gasteiger partial charge on any atom is 0.289 e. The number of pyridine rings is 1. The van der Waals surface area contributed by atoms with E-state index in [9.17, 15) is 14.4 Å². The van der Waals surface area contributed by atoms with Gasteiger partial charge in [0.2, 0.25) is 0 Å². The largest absolute Gasteiger partial charge is 0.459 e. The minimum Gasteiger partial charge on any atom is -0.459 e. The van der Waals surface area contributed by atoms with Crippen LogP contribution in [0.15, 0.2) is 41.3 Å². The number of furan rings is 1. The van der Waals surface area contributed by atoms with E-state index in [1.54, 1.807) is 28.0 Å². The van der Waals surface area contributed by atoms with E-state index in [0.717, 1.165) is 12.8 Å². The number of hydrogen-bond donors (Lipinski definition) is 1. The van der Waals surface area contributed by atoms with Crippen LogP contribution in [0.4, 0.5) is 0 Å². The lowest BCUT2D eigenvalue weighted by molar-refractivity contribution is 0.0518. The Hall–Kier alpha value is -3.16. The van der Waals surface area contributed by atoms with E-state index in [4.69, 9.17) is 4.42 Å². The zero-order chi connectivity index (χ0) is 18.8. The summed E-state index contributed by atoms with van der Waals surface area (Å²) in [7, 11) is 0. The van der Waals surface area contributed by atoms with Crippen LogP contribution in [0.25, 0.3) is 0 Å². The van der Waals surface area contributed by atoms with E-state index in [1.807, 2.05) is 0 Å². The number of carbonyl (C=O) groups excluding carboxylic acids is 3. The predicted octanol–water partition coefficient (Wildman–Crippen LogP) is 1.16. The van der Waals surface area contributed by atoms with Crippen molar-refractivity contribution in [1.82, 2.24) is 20.1 Å². The maximum atomic E-state index is 12.7. The van der Waals surface area contributed by atoms with Crippen molar-refractivity contribution >= 4 is 17.7 Å². The molecule has 2 aliphatic rings. The summed E-state index contributed by atoms with van der Waals surface area (Å²) in [6, 6.07) is 5.13. The zero-order valence-electron chi connectivity index (χ0n) is 14.8. The fraction of sp³-hybridized carbons (Fsp3) is 0.368. The average Bonchev–Trinajstić information content (AvgIpc) is 3.35. The van der Waals surface area contributed by atoms with Gasteiger partial charge in [0.05, 0.1) is 17.4 Å². The van der Waals surface area contributed by atoms with E-state index in [1.165, 1.54) is 18.7 Å². The Morgan fingerprint density at radius 3 is 2.30 bits per heavy atom. The van der Waals surface area contributed by atoms with Gasteiger partial charge in [0.25, 0.3) is 17.7 Å². The van der Waals surface area contributed by atoms with Crippen LogP contribution in [0.3, 0.4) is 0 Å². The molecule has 1 N–H and O–H groups in total. The molecule has 0 spiro atoms. The van der Waals surface area contributed by atoms with Crippen molar-refractivity contribution < 1.29 is 18.8 Å². The zero-order valence-corrected chi connectivity index (χ0v) is 14.8. The van der Waals surface area contributed by atoms with Gasteiger partial charge >= 0.3 is 0 Å². The summed E-state index contributed by atoms with van der Waals surface area (Å²) in [5.41, 5.74) is 0.767. The third kappa shape index (κ3) is 3.84. The summed E-state index contributed by atoms with van der Waals surface area (Å²) in [5, 5.41) is 2.89. The first-order chi connectivity index (χ1) is 13.1. The Bertz CT molecular complexity index is 852. The Morgan fingerprint density at radius 1 is 1.00 bits per heavy atom. The number of hydrogen-bond acceptors (Lipinski definition) is 5. The summed E-state index contributed by atoms with van der Waals surface area (Å²) in [5.74, 6) is -0.261. The molecular formula is C19H20N4O4. The number of aromatic nitrogens is 1. The molecule has 27 heavy (non-hydrogen) atoms. The van der Waals surface area contributed by atoms with Gasteiger partial charge in [-0.3, -0.25) is 19.4 Å². The number of amides is 3.